The number of fused-ring (bicyclic) bond motifs is 1. The van der Waals surface area contributed by atoms with Crippen LogP contribution in [-0.4, -0.2) is 119 Å². The number of anilines is 2. The fraction of sp³-hybridized carbons (Fsp3) is 0.508. The molecular formula is C59H75FN12O5S. The highest BCUT2D eigenvalue weighted by atomic mass is 32.1. The zero-order chi connectivity index (χ0) is 54.8. The maximum atomic E-state index is 15.7. The van der Waals surface area contributed by atoms with Crippen molar-refractivity contribution in [3.63, 3.8) is 0 Å². The topological polar surface area (TPSA) is 203 Å². The lowest BCUT2D eigenvalue weighted by Crippen LogP contribution is -2.57. The van der Waals surface area contributed by atoms with Crippen LogP contribution >= 0.6 is 11.3 Å². The van der Waals surface area contributed by atoms with Crippen LogP contribution in [0.15, 0.2) is 72.8 Å². The van der Waals surface area contributed by atoms with E-state index >= 15 is 4.39 Å². The van der Waals surface area contributed by atoms with Crippen molar-refractivity contribution < 1.29 is 28.4 Å². The van der Waals surface area contributed by atoms with Crippen molar-refractivity contribution in [2.24, 2.45) is 5.41 Å². The zero-order valence-electron chi connectivity index (χ0n) is 45.6. The number of unbranched alkanes of at least 4 members (excludes halogenated alkanes) is 9. The molecule has 0 spiro atoms. The second kappa shape index (κ2) is 25.6. The molecule has 78 heavy (non-hydrogen) atoms. The highest BCUT2D eigenvalue weighted by Gasteiger charge is 2.42. The quantitative estimate of drug-likeness (QED) is 0.0423. The number of H-pyrrole nitrogens is 1. The summed E-state index contributed by atoms with van der Waals surface area (Å²) in [6.07, 6.45) is 21.6. The highest BCUT2D eigenvalue weighted by Crippen LogP contribution is 2.41. The zero-order valence-corrected chi connectivity index (χ0v) is 46.4. The average Bonchev–Trinajstić information content (AvgIpc) is 4.02. The molecule has 0 radical (unpaired) electrons. The van der Waals surface area contributed by atoms with Crippen LogP contribution < -0.4 is 16.0 Å². The van der Waals surface area contributed by atoms with Crippen molar-refractivity contribution in [1.29, 1.82) is 0 Å². The van der Waals surface area contributed by atoms with Crippen LogP contribution in [0.5, 0.6) is 0 Å². The molecule has 2 aliphatic heterocycles. The van der Waals surface area contributed by atoms with Gasteiger partial charge in [0.1, 0.15) is 17.9 Å². The van der Waals surface area contributed by atoms with Gasteiger partial charge in [-0.3, -0.25) is 33.5 Å². The molecule has 0 unspecified atom stereocenters. The lowest BCUT2D eigenvalue weighted by Gasteiger charge is -2.35. The minimum absolute atomic E-state index is 0.109. The number of carbonyl (C=O) groups is 5. The summed E-state index contributed by atoms with van der Waals surface area (Å²) in [5.41, 5.74) is 8.00. The van der Waals surface area contributed by atoms with Gasteiger partial charge in [-0.25, -0.2) is 19.3 Å². The first kappa shape index (κ1) is 55.7. The molecule has 9 rings (SSSR count). The first-order valence-electron chi connectivity index (χ1n) is 28.1. The largest absolute Gasteiger partial charge is 0.350 e. The Hall–Kier alpha value is -7.02. The number of imidazole rings is 1. The number of rotatable bonds is 24. The number of likely N-dealkylation sites (tertiary alicyclic amines) is 1. The summed E-state index contributed by atoms with van der Waals surface area (Å²) < 4.78 is 17.6. The number of amides is 5. The van der Waals surface area contributed by atoms with Crippen molar-refractivity contribution >= 4 is 58.0 Å². The molecule has 2 atom stereocenters. The van der Waals surface area contributed by atoms with E-state index in [1.54, 1.807) is 51.9 Å². The maximum absolute atomic E-state index is 15.7. The van der Waals surface area contributed by atoms with Gasteiger partial charge in [0.25, 0.3) is 5.91 Å². The molecule has 4 N–H and O–H groups in total. The van der Waals surface area contributed by atoms with E-state index in [0.717, 1.165) is 122 Å². The Morgan fingerprint density at radius 2 is 1.50 bits per heavy atom. The van der Waals surface area contributed by atoms with Crippen LogP contribution in [-0.2, 0) is 25.7 Å². The lowest BCUT2D eigenvalue weighted by atomic mass is 9.85. The summed E-state index contributed by atoms with van der Waals surface area (Å²) in [6, 6.07) is 11.2. The Morgan fingerprint density at radius 3 is 2.14 bits per heavy atom. The molecule has 6 aromatic rings. The van der Waals surface area contributed by atoms with Gasteiger partial charge < -0.3 is 30.7 Å². The highest BCUT2D eigenvalue weighted by molar-refractivity contribution is 7.13. The second-order valence-electron chi connectivity index (χ2n) is 22.4. The molecule has 3 aliphatic rings. The number of benzene rings is 2. The number of nitrogens with zero attached hydrogens (tertiary/aromatic N) is 8. The Balaban J connectivity index is 0.611. The van der Waals surface area contributed by atoms with E-state index in [2.05, 4.69) is 36.1 Å². The maximum Gasteiger partial charge on any atom is 0.254 e. The van der Waals surface area contributed by atoms with Gasteiger partial charge in [-0.1, -0.05) is 96.4 Å². The molecule has 0 bridgehead atoms. The van der Waals surface area contributed by atoms with Crippen LogP contribution in [0, 0.1) is 18.2 Å². The van der Waals surface area contributed by atoms with Crippen LogP contribution in [0.4, 0.5) is 15.9 Å². The molecule has 4 aromatic heterocycles. The molecule has 414 valence electrons. The van der Waals surface area contributed by atoms with Gasteiger partial charge in [0.05, 0.1) is 45.6 Å². The van der Waals surface area contributed by atoms with E-state index < -0.39 is 23.3 Å². The number of aromatic nitrogens is 6. The van der Waals surface area contributed by atoms with E-state index in [1.165, 1.54) is 6.07 Å². The molecule has 3 fully saturated rings. The fourth-order valence-electron chi connectivity index (χ4n) is 10.6. The predicted molar refractivity (Wildman–Crippen MR) is 300 cm³/mol. The standard InChI is InChI=1S/C59H75FN12O5S/c1-39-52(78-38-63-39)42-21-19-40(20-22-42)33-62-56(75)48-16-15-27-71(48)58(77)53(59(2,3)4)68-50(73)17-13-11-9-7-5-6-8-10-12-14-18-51(74)69-28-30-70(31-29-69)57(76)43-25-26-46(45(60)32-43)66-54-55-61-36-49(44-34-64-65-35-44)72(55)37-47(67-54)41-23-24-41/h19-22,25-26,32,34-38,41,48,53H,5-18,23-24,27-31,33H2,1-4H3,(H,62,75)(H,64,65)(H,66,67)(H,68,73)/t48-,53+/m0/s1. The predicted octanol–water partition coefficient (Wildman–Crippen LogP) is 10.1. The third kappa shape index (κ3) is 14.0. The van der Waals surface area contributed by atoms with E-state index in [1.807, 2.05) is 73.0 Å². The van der Waals surface area contributed by atoms with Gasteiger partial charge in [-0.05, 0) is 80.2 Å². The SMILES string of the molecule is Cc1ncsc1-c1ccc(CNC(=O)[C@@H]2CCCN2C(=O)[C@@H](NC(=O)CCCCCCCCCCCCC(=O)N2CCN(C(=O)c3ccc(Nc4nc(C5CC5)cn5c(-c6cn[nH]c6)cnc45)c(F)c3)CC2)C(C)(C)C)cc1. The van der Waals surface area contributed by atoms with Gasteiger partial charge in [0, 0.05) is 81.5 Å². The van der Waals surface area contributed by atoms with Gasteiger partial charge in [0.15, 0.2) is 11.5 Å². The summed E-state index contributed by atoms with van der Waals surface area (Å²) in [7, 11) is 0. The van der Waals surface area contributed by atoms with Crippen LogP contribution in [0.1, 0.15) is 157 Å². The number of nitrogens with one attached hydrogen (secondary N) is 4. The van der Waals surface area contributed by atoms with E-state index in [-0.39, 0.29) is 40.8 Å². The van der Waals surface area contributed by atoms with E-state index in [9.17, 15) is 24.0 Å². The van der Waals surface area contributed by atoms with Gasteiger partial charge in [-0.2, -0.15) is 5.10 Å². The smallest absolute Gasteiger partial charge is 0.254 e. The number of halogens is 1. The Kier molecular flexibility index (Phi) is 18.3. The number of hydrogen-bond acceptors (Lipinski definition) is 11. The van der Waals surface area contributed by atoms with E-state index in [4.69, 9.17) is 4.98 Å². The first-order chi connectivity index (χ1) is 37.7. The third-order valence-electron chi connectivity index (χ3n) is 15.4. The summed E-state index contributed by atoms with van der Waals surface area (Å²) >= 11 is 1.60. The molecule has 2 aromatic carbocycles. The van der Waals surface area contributed by atoms with Crippen molar-refractivity contribution in [3.8, 4) is 21.7 Å². The third-order valence-corrected chi connectivity index (χ3v) is 16.4. The number of aryl methyl sites for hydroxylation is 1. The van der Waals surface area contributed by atoms with E-state index in [0.29, 0.717) is 75.9 Å². The molecule has 5 amide bonds. The molecule has 1 aliphatic carbocycles. The Bertz CT molecular complexity index is 3030. The molecule has 17 nitrogen and oxygen atoms in total. The monoisotopic (exact) mass is 1080 g/mol. The number of aromatic amines is 1. The summed E-state index contributed by atoms with van der Waals surface area (Å²) in [4.78, 5) is 87.3. The Morgan fingerprint density at radius 1 is 0.808 bits per heavy atom. The summed E-state index contributed by atoms with van der Waals surface area (Å²) in [5.74, 6) is -0.457. The summed E-state index contributed by atoms with van der Waals surface area (Å²) in [6.45, 7) is 10.4. The number of thiazole rings is 1. The lowest BCUT2D eigenvalue weighted by molar-refractivity contribution is -0.143. The fourth-order valence-corrected chi connectivity index (χ4v) is 11.4. The molecular weight excluding hydrogens is 1010 g/mol. The molecule has 19 heteroatoms. The minimum Gasteiger partial charge on any atom is -0.350 e. The van der Waals surface area contributed by atoms with Crippen molar-refractivity contribution in [1.82, 2.24) is 54.9 Å². The normalized spacial score (nSPS) is 16.2. The van der Waals surface area contributed by atoms with Crippen LogP contribution in [0.25, 0.3) is 27.3 Å². The number of carbonyl (C=O) groups excluding carboxylic acids is 5. The molecule has 2 saturated heterocycles. The minimum atomic E-state index is -0.735. The summed E-state index contributed by atoms with van der Waals surface area (Å²) in [5, 5.41) is 16.1. The van der Waals surface area contributed by atoms with Crippen molar-refractivity contribution in [2.75, 3.05) is 38.0 Å². The molecule has 6 heterocycles. The number of hydrogen-bond donors (Lipinski definition) is 4. The van der Waals surface area contributed by atoms with Crippen LogP contribution in [0.2, 0.25) is 0 Å². The second-order valence-corrected chi connectivity index (χ2v) is 23.2. The van der Waals surface area contributed by atoms with Crippen molar-refractivity contribution in [3.05, 3.63) is 101 Å². The van der Waals surface area contributed by atoms with Gasteiger partial charge in [-0.15, -0.1) is 11.3 Å². The number of piperazine rings is 1. The Labute approximate surface area is 460 Å². The van der Waals surface area contributed by atoms with Gasteiger partial charge >= 0.3 is 0 Å². The first-order valence-corrected chi connectivity index (χ1v) is 29.0. The molecule has 1 saturated carbocycles. The van der Waals surface area contributed by atoms with Gasteiger partial charge in [0.2, 0.25) is 23.6 Å². The average molecular weight is 1080 g/mol. The van der Waals surface area contributed by atoms with Crippen molar-refractivity contribution in [2.45, 2.75) is 155 Å². The van der Waals surface area contributed by atoms with Crippen LogP contribution in [0.3, 0.4) is 0 Å².